The highest BCUT2D eigenvalue weighted by Gasteiger charge is 2.32. The summed E-state index contributed by atoms with van der Waals surface area (Å²) < 4.78 is 6.19. The Balaban J connectivity index is 1.55. The molecule has 3 aromatic rings. The first-order valence-electron chi connectivity index (χ1n) is 11.9. The monoisotopic (exact) mass is 493 g/mol. The van der Waals surface area contributed by atoms with Crippen LogP contribution in [0.15, 0.2) is 45.6 Å². The molecule has 4 rings (SSSR count). The Labute approximate surface area is 209 Å². The molecule has 0 aliphatic carbocycles. The van der Waals surface area contributed by atoms with Gasteiger partial charge in [-0.05, 0) is 36.6 Å². The van der Waals surface area contributed by atoms with Gasteiger partial charge in [0.1, 0.15) is 11.2 Å². The highest BCUT2D eigenvalue weighted by Crippen LogP contribution is 2.29. The number of allylic oxidation sites excluding steroid dienone is 1. The number of hydrogen-bond acceptors (Lipinski definition) is 8. The first-order chi connectivity index (χ1) is 17.2. The molecule has 190 valence electrons. The lowest BCUT2D eigenvalue weighted by Gasteiger charge is -2.18. The van der Waals surface area contributed by atoms with Crippen LogP contribution in [0.3, 0.4) is 0 Å². The summed E-state index contributed by atoms with van der Waals surface area (Å²) in [5.41, 5.74) is 3.51. The molecule has 0 radical (unpaired) electrons. The van der Waals surface area contributed by atoms with Crippen molar-refractivity contribution in [3.63, 3.8) is 0 Å². The summed E-state index contributed by atoms with van der Waals surface area (Å²) in [6, 6.07) is 9.34. The Morgan fingerprint density at radius 3 is 2.50 bits per heavy atom. The number of hydroxylamine groups is 2. The maximum absolute atomic E-state index is 13.4. The summed E-state index contributed by atoms with van der Waals surface area (Å²) in [6.45, 7) is 0. The molecule has 1 fully saturated rings. The highest BCUT2D eigenvalue weighted by molar-refractivity contribution is 5.97. The van der Waals surface area contributed by atoms with Crippen LogP contribution in [0.5, 0.6) is 0 Å². The third-order valence-corrected chi connectivity index (χ3v) is 6.19. The number of anilines is 2. The van der Waals surface area contributed by atoms with E-state index in [0.29, 0.717) is 34.8 Å². The number of rotatable bonds is 8. The van der Waals surface area contributed by atoms with Gasteiger partial charge in [0.25, 0.3) is 5.91 Å². The van der Waals surface area contributed by atoms with E-state index in [2.05, 4.69) is 0 Å². The Bertz CT molecular complexity index is 1390. The number of aliphatic hydroxyl groups excluding tert-OH is 1. The van der Waals surface area contributed by atoms with Crippen molar-refractivity contribution in [1.82, 2.24) is 5.06 Å². The average molecular weight is 494 g/mol. The lowest BCUT2D eigenvalue weighted by molar-refractivity contribution is -0.220. The molecule has 2 aromatic carbocycles. The molecule has 1 aromatic heterocycles. The molecule has 1 saturated heterocycles. The molecule has 36 heavy (non-hydrogen) atoms. The lowest BCUT2D eigenvalue weighted by Crippen LogP contribution is -2.35. The van der Waals surface area contributed by atoms with Crippen molar-refractivity contribution in [1.29, 1.82) is 0 Å². The Hall–Kier alpha value is -3.85. The fraction of sp³-hybridized carbons (Fsp3) is 0.370. The van der Waals surface area contributed by atoms with Crippen LogP contribution >= 0.6 is 0 Å². The number of amides is 1. The predicted octanol–water partition coefficient (Wildman–Crippen LogP) is 3.66. The number of nitrogens with zero attached hydrogens (tertiary/aromatic N) is 3. The van der Waals surface area contributed by atoms with Gasteiger partial charge in [-0.1, -0.05) is 12.2 Å². The van der Waals surface area contributed by atoms with Gasteiger partial charge in [0, 0.05) is 71.0 Å². The van der Waals surface area contributed by atoms with E-state index >= 15 is 0 Å². The van der Waals surface area contributed by atoms with E-state index in [0.717, 1.165) is 22.0 Å². The first kappa shape index (κ1) is 25.2. The Morgan fingerprint density at radius 1 is 1.11 bits per heavy atom. The molecular weight excluding hydrogens is 462 g/mol. The SMILES string of the molecule is CN(C)c1ccc2c(=O)c3c(/C=C/CCCC(=O)ON4C(=O)CCC4O)cc(N(C)C)cc3oc2c1. The summed E-state index contributed by atoms with van der Waals surface area (Å²) >= 11 is 0. The van der Waals surface area contributed by atoms with Crippen LogP contribution in [-0.4, -0.2) is 56.5 Å². The summed E-state index contributed by atoms with van der Waals surface area (Å²) in [5.74, 6) is -0.963. The minimum Gasteiger partial charge on any atom is -0.456 e. The molecule has 1 aliphatic heterocycles. The average Bonchev–Trinajstić information content (AvgIpc) is 3.15. The van der Waals surface area contributed by atoms with E-state index in [-0.39, 0.29) is 24.7 Å². The molecular formula is C27H31N3O6. The Kier molecular flexibility index (Phi) is 7.30. The summed E-state index contributed by atoms with van der Waals surface area (Å²) in [7, 11) is 7.71. The molecule has 0 spiro atoms. The lowest BCUT2D eigenvalue weighted by atomic mass is 10.0. The van der Waals surface area contributed by atoms with Crippen LogP contribution in [0.25, 0.3) is 28.0 Å². The van der Waals surface area contributed by atoms with Gasteiger partial charge in [0.2, 0.25) is 5.43 Å². The smallest absolute Gasteiger partial charge is 0.332 e. The number of carbonyl (C=O) groups excluding carboxylic acids is 2. The van der Waals surface area contributed by atoms with Crippen LogP contribution in [0.1, 0.15) is 37.7 Å². The van der Waals surface area contributed by atoms with Gasteiger partial charge in [-0.2, -0.15) is 0 Å². The fourth-order valence-electron chi connectivity index (χ4n) is 4.14. The third-order valence-electron chi connectivity index (χ3n) is 6.19. The van der Waals surface area contributed by atoms with Crippen LogP contribution in [0.2, 0.25) is 0 Å². The molecule has 1 amide bonds. The zero-order valence-corrected chi connectivity index (χ0v) is 21.0. The Morgan fingerprint density at radius 2 is 1.83 bits per heavy atom. The van der Waals surface area contributed by atoms with E-state index in [1.807, 2.05) is 74.4 Å². The number of hydrogen-bond donors (Lipinski definition) is 1. The highest BCUT2D eigenvalue weighted by atomic mass is 16.7. The van der Waals surface area contributed by atoms with Gasteiger partial charge in [0.15, 0.2) is 6.23 Å². The molecule has 1 unspecified atom stereocenters. The number of unbranched alkanes of at least 4 members (excludes halogenated alkanes) is 1. The van der Waals surface area contributed by atoms with Crippen molar-refractivity contribution >= 4 is 51.3 Å². The van der Waals surface area contributed by atoms with Crippen LogP contribution in [0.4, 0.5) is 11.4 Å². The molecule has 1 atom stereocenters. The predicted molar refractivity (Wildman–Crippen MR) is 140 cm³/mol. The first-order valence-corrected chi connectivity index (χ1v) is 11.9. The van der Waals surface area contributed by atoms with Crippen molar-refractivity contribution in [2.75, 3.05) is 38.0 Å². The normalized spacial score (nSPS) is 15.9. The fourth-order valence-corrected chi connectivity index (χ4v) is 4.14. The van der Waals surface area contributed by atoms with E-state index in [1.54, 1.807) is 6.07 Å². The third kappa shape index (κ3) is 5.21. The minimum absolute atomic E-state index is 0.0975. The zero-order chi connectivity index (χ0) is 26.0. The molecule has 9 heteroatoms. The number of fused-ring (bicyclic) bond motifs is 2. The largest absolute Gasteiger partial charge is 0.456 e. The molecule has 0 bridgehead atoms. The summed E-state index contributed by atoms with van der Waals surface area (Å²) in [4.78, 5) is 46.0. The van der Waals surface area contributed by atoms with Crippen LogP contribution in [-0.2, 0) is 14.4 Å². The number of aliphatic hydroxyl groups is 1. The van der Waals surface area contributed by atoms with Crippen molar-refractivity contribution in [3.8, 4) is 0 Å². The topological polar surface area (TPSA) is 104 Å². The van der Waals surface area contributed by atoms with Gasteiger partial charge in [0.05, 0.1) is 10.8 Å². The van der Waals surface area contributed by atoms with Gasteiger partial charge in [-0.25, -0.2) is 4.79 Å². The maximum atomic E-state index is 13.4. The second-order valence-corrected chi connectivity index (χ2v) is 9.31. The van der Waals surface area contributed by atoms with E-state index in [4.69, 9.17) is 9.25 Å². The van der Waals surface area contributed by atoms with Crippen molar-refractivity contribution in [2.45, 2.75) is 38.3 Å². The molecule has 9 nitrogen and oxygen atoms in total. The van der Waals surface area contributed by atoms with Crippen molar-refractivity contribution in [3.05, 3.63) is 52.2 Å². The molecule has 1 aliphatic rings. The van der Waals surface area contributed by atoms with Crippen molar-refractivity contribution < 1.29 is 24.0 Å². The number of carbonyl (C=O) groups is 2. The second kappa shape index (κ2) is 10.4. The van der Waals surface area contributed by atoms with Gasteiger partial charge >= 0.3 is 5.97 Å². The van der Waals surface area contributed by atoms with Crippen LogP contribution in [0, 0.1) is 0 Å². The molecule has 2 heterocycles. The van der Waals surface area contributed by atoms with E-state index in [1.165, 1.54) is 0 Å². The number of benzene rings is 2. The van der Waals surface area contributed by atoms with Crippen molar-refractivity contribution in [2.24, 2.45) is 0 Å². The molecule has 0 saturated carbocycles. The quantitative estimate of drug-likeness (QED) is 0.375. The van der Waals surface area contributed by atoms with Gasteiger partial charge in [-0.3, -0.25) is 9.59 Å². The van der Waals surface area contributed by atoms with E-state index < -0.39 is 18.1 Å². The second-order valence-electron chi connectivity index (χ2n) is 9.31. The maximum Gasteiger partial charge on any atom is 0.332 e. The standard InChI is InChI=1S/C27H31N3O6/c1-28(2)18-10-11-20-21(15-18)35-22-16-19(29(3)4)14-17(26(22)27(20)34)8-6-5-7-9-25(33)36-30-23(31)12-13-24(30)32/h6,8,10-11,14-16,23,31H,5,7,9,12-13H2,1-4H3/b8-6+. The zero-order valence-electron chi connectivity index (χ0n) is 21.0. The van der Waals surface area contributed by atoms with E-state index in [9.17, 15) is 19.5 Å². The summed E-state index contributed by atoms with van der Waals surface area (Å²) in [6.07, 6.45) is 4.26. The molecule has 1 N–H and O–H groups in total. The van der Waals surface area contributed by atoms with Gasteiger partial charge < -0.3 is 24.2 Å². The summed E-state index contributed by atoms with van der Waals surface area (Å²) in [5, 5.41) is 11.5. The van der Waals surface area contributed by atoms with Crippen LogP contribution < -0.4 is 15.2 Å². The van der Waals surface area contributed by atoms with Gasteiger partial charge in [-0.15, -0.1) is 5.06 Å². The minimum atomic E-state index is -1.07.